The summed E-state index contributed by atoms with van der Waals surface area (Å²) in [6.45, 7) is 3.70. The number of carbonyl (C=O) groups is 1. The smallest absolute Gasteiger partial charge is 0.393 e. The fourth-order valence-corrected chi connectivity index (χ4v) is 8.28. The lowest BCUT2D eigenvalue weighted by Gasteiger charge is -2.41. The molecule has 352 valence electrons. The largest absolute Gasteiger partial charge is 0.472 e. The number of phosphoric ester groups is 1. The first kappa shape index (κ1) is 56.5. The maximum atomic E-state index is 13.0. The van der Waals surface area contributed by atoms with Crippen molar-refractivity contribution in [3.05, 3.63) is 36.5 Å². The zero-order valence-corrected chi connectivity index (χ0v) is 38.0. The number of allylic oxidation sites excluding steroid dienone is 5. The van der Waals surface area contributed by atoms with Crippen molar-refractivity contribution in [2.75, 3.05) is 6.61 Å². The number of rotatable bonds is 38. The number of phosphoric acid groups is 1. The first-order chi connectivity index (χ1) is 28.8. The molecule has 1 amide bonds. The molecule has 1 saturated carbocycles. The van der Waals surface area contributed by atoms with Crippen molar-refractivity contribution < 1.29 is 59.0 Å². The maximum absolute atomic E-state index is 13.0. The molecule has 0 aromatic carbocycles. The Labute approximate surface area is 362 Å². The summed E-state index contributed by atoms with van der Waals surface area (Å²) in [5, 5.41) is 74.3. The van der Waals surface area contributed by atoms with Gasteiger partial charge in [0.25, 0.3) is 0 Å². The summed E-state index contributed by atoms with van der Waals surface area (Å²) in [5.41, 5.74) is 0. The van der Waals surface area contributed by atoms with E-state index >= 15 is 0 Å². The summed E-state index contributed by atoms with van der Waals surface area (Å²) >= 11 is 0. The van der Waals surface area contributed by atoms with Gasteiger partial charge < -0.3 is 46.0 Å². The van der Waals surface area contributed by atoms with Crippen LogP contribution in [0.15, 0.2) is 36.5 Å². The molecule has 0 radical (unpaired) electrons. The molecule has 1 aliphatic carbocycles. The number of carbonyl (C=O) groups excluding carboxylic acids is 1. The predicted octanol–water partition coefficient (Wildman–Crippen LogP) is 7.75. The Hall–Kier alpha value is -1.48. The van der Waals surface area contributed by atoms with Crippen LogP contribution in [0, 0.1) is 0 Å². The number of hydrogen-bond donors (Lipinski definition) is 9. The third kappa shape index (κ3) is 27.6. The molecular formula is C46H86NO12P. The molecule has 0 aromatic rings. The van der Waals surface area contributed by atoms with Crippen LogP contribution >= 0.6 is 7.82 Å². The van der Waals surface area contributed by atoms with Gasteiger partial charge in [0.1, 0.15) is 36.6 Å². The molecule has 0 aromatic heterocycles. The lowest BCUT2D eigenvalue weighted by molar-refractivity contribution is -0.220. The molecule has 1 rings (SSSR count). The topological polar surface area (TPSA) is 226 Å². The minimum absolute atomic E-state index is 0.274. The quantitative estimate of drug-likeness (QED) is 0.0165. The minimum atomic E-state index is -5.15. The van der Waals surface area contributed by atoms with Crippen LogP contribution in [0.1, 0.15) is 187 Å². The third-order valence-electron chi connectivity index (χ3n) is 11.2. The van der Waals surface area contributed by atoms with Gasteiger partial charge in [-0.3, -0.25) is 13.8 Å². The van der Waals surface area contributed by atoms with Crippen LogP contribution in [0.25, 0.3) is 0 Å². The minimum Gasteiger partial charge on any atom is -0.393 e. The Kier molecular flexibility index (Phi) is 33.8. The van der Waals surface area contributed by atoms with Crippen LogP contribution in [0.3, 0.4) is 0 Å². The molecule has 14 heteroatoms. The van der Waals surface area contributed by atoms with Gasteiger partial charge in [-0.2, -0.15) is 0 Å². The van der Waals surface area contributed by atoms with E-state index in [1.165, 1.54) is 115 Å². The van der Waals surface area contributed by atoms with E-state index in [-0.39, 0.29) is 6.42 Å². The fraction of sp³-hybridized carbons (Fsp3) is 0.848. The van der Waals surface area contributed by atoms with Crippen LogP contribution in [-0.2, 0) is 18.4 Å². The lowest BCUT2D eigenvalue weighted by Crippen LogP contribution is -2.64. The van der Waals surface area contributed by atoms with E-state index < -0.39 is 75.2 Å². The molecule has 8 unspecified atom stereocenters. The highest BCUT2D eigenvalue weighted by Crippen LogP contribution is 2.47. The highest BCUT2D eigenvalue weighted by Gasteiger charge is 2.51. The Bertz CT molecular complexity index is 1170. The van der Waals surface area contributed by atoms with Gasteiger partial charge in [0.15, 0.2) is 0 Å². The van der Waals surface area contributed by atoms with Crippen molar-refractivity contribution in [1.29, 1.82) is 0 Å². The van der Waals surface area contributed by atoms with E-state index in [0.29, 0.717) is 19.3 Å². The molecule has 9 N–H and O–H groups in total. The van der Waals surface area contributed by atoms with E-state index in [2.05, 4.69) is 43.5 Å². The van der Waals surface area contributed by atoms with Gasteiger partial charge in [0.2, 0.25) is 5.91 Å². The Morgan fingerprint density at radius 1 is 0.583 bits per heavy atom. The van der Waals surface area contributed by atoms with Gasteiger partial charge >= 0.3 is 7.82 Å². The number of unbranched alkanes of at least 4 members (excludes halogenated alkanes) is 21. The van der Waals surface area contributed by atoms with E-state index in [0.717, 1.165) is 38.5 Å². The maximum Gasteiger partial charge on any atom is 0.472 e. The summed E-state index contributed by atoms with van der Waals surface area (Å²) in [6, 6.07) is -1.26. The number of amides is 1. The van der Waals surface area contributed by atoms with Gasteiger partial charge in [-0.15, -0.1) is 0 Å². The first-order valence-electron chi connectivity index (χ1n) is 23.5. The number of nitrogens with one attached hydrogen (secondary N) is 1. The van der Waals surface area contributed by atoms with Crippen LogP contribution < -0.4 is 5.32 Å². The summed E-state index contributed by atoms with van der Waals surface area (Å²) in [4.78, 5) is 23.4. The molecule has 1 fully saturated rings. The number of hydrogen-bond acceptors (Lipinski definition) is 11. The van der Waals surface area contributed by atoms with Crippen molar-refractivity contribution in [2.24, 2.45) is 0 Å². The molecule has 0 aliphatic heterocycles. The highest BCUT2D eigenvalue weighted by molar-refractivity contribution is 7.47. The number of aliphatic hydroxyl groups is 7. The second-order valence-electron chi connectivity index (χ2n) is 16.8. The first-order valence-corrected chi connectivity index (χ1v) is 25.0. The van der Waals surface area contributed by atoms with E-state index in [1.54, 1.807) is 6.08 Å². The standard InChI is InChI=1S/C46H86NO12P/c1-3-5-7-9-11-13-15-16-17-18-19-20-21-22-24-26-28-30-32-34-39(49)38(36-58-60(56,57)59-46-44(54)42(52)41(51)43(53)45(46)55)47-40(50)35-37(48)33-31-29-27-25-23-14-12-10-8-6-4-2/h24-27,32,34,37-39,41-46,48-49,51-55H,3-23,28-31,33,35-36H2,1-2H3,(H,47,50)(H,56,57)/b26-24+,27-25-,34-32+. The second kappa shape index (κ2) is 35.9. The van der Waals surface area contributed by atoms with Crippen LogP contribution in [-0.4, -0.2) is 108 Å². The molecule has 1 aliphatic rings. The van der Waals surface area contributed by atoms with Crippen LogP contribution in [0.5, 0.6) is 0 Å². The zero-order chi connectivity index (χ0) is 44.4. The molecule has 8 atom stereocenters. The Morgan fingerprint density at radius 2 is 0.983 bits per heavy atom. The van der Waals surface area contributed by atoms with Crippen molar-refractivity contribution in [2.45, 2.75) is 242 Å². The SMILES string of the molecule is CCCCCCCC/C=C\CCCC(O)CC(=O)NC(COP(=O)(O)OC1C(O)C(O)C(O)C(O)C1O)C(O)/C=C/CC/C=C/CCCCCCCCCCCCCCC. The summed E-state index contributed by atoms with van der Waals surface area (Å²) in [7, 11) is -5.15. The van der Waals surface area contributed by atoms with Gasteiger partial charge in [-0.25, -0.2) is 4.57 Å². The molecular weight excluding hydrogens is 789 g/mol. The average Bonchev–Trinajstić information content (AvgIpc) is 3.22. The zero-order valence-electron chi connectivity index (χ0n) is 37.1. The monoisotopic (exact) mass is 876 g/mol. The Balaban J connectivity index is 2.58. The lowest BCUT2D eigenvalue weighted by atomic mass is 9.85. The fourth-order valence-electron chi connectivity index (χ4n) is 7.32. The van der Waals surface area contributed by atoms with Crippen molar-refractivity contribution in [1.82, 2.24) is 5.32 Å². The van der Waals surface area contributed by atoms with E-state index in [9.17, 15) is 50.0 Å². The molecule has 0 saturated heterocycles. The summed E-state index contributed by atoms with van der Waals surface area (Å²) in [6.07, 6.45) is 26.8. The molecule has 60 heavy (non-hydrogen) atoms. The van der Waals surface area contributed by atoms with E-state index in [4.69, 9.17) is 9.05 Å². The highest BCUT2D eigenvalue weighted by atomic mass is 31.2. The van der Waals surface area contributed by atoms with E-state index in [1.807, 2.05) is 0 Å². The molecule has 0 bridgehead atoms. The third-order valence-corrected chi connectivity index (χ3v) is 12.2. The van der Waals surface area contributed by atoms with Gasteiger partial charge in [0.05, 0.1) is 31.3 Å². The second-order valence-corrected chi connectivity index (χ2v) is 18.2. The summed E-state index contributed by atoms with van der Waals surface area (Å²) < 4.78 is 22.8. The predicted molar refractivity (Wildman–Crippen MR) is 238 cm³/mol. The molecule has 0 spiro atoms. The normalized spacial score (nSPS) is 23.7. The summed E-state index contributed by atoms with van der Waals surface area (Å²) in [5.74, 6) is -0.620. The molecule has 0 heterocycles. The van der Waals surface area contributed by atoms with Gasteiger partial charge in [-0.05, 0) is 57.8 Å². The van der Waals surface area contributed by atoms with Crippen molar-refractivity contribution >= 4 is 13.7 Å². The van der Waals surface area contributed by atoms with Crippen LogP contribution in [0.4, 0.5) is 0 Å². The number of aliphatic hydroxyl groups excluding tert-OH is 7. The average molecular weight is 876 g/mol. The van der Waals surface area contributed by atoms with Gasteiger partial charge in [-0.1, -0.05) is 159 Å². The molecule has 13 nitrogen and oxygen atoms in total. The van der Waals surface area contributed by atoms with Gasteiger partial charge in [0, 0.05) is 0 Å². The van der Waals surface area contributed by atoms with Crippen LogP contribution in [0.2, 0.25) is 0 Å². The van der Waals surface area contributed by atoms with Crippen molar-refractivity contribution in [3.8, 4) is 0 Å². The Morgan fingerprint density at radius 3 is 1.47 bits per heavy atom. The van der Waals surface area contributed by atoms with Crippen molar-refractivity contribution in [3.63, 3.8) is 0 Å².